The van der Waals surface area contributed by atoms with E-state index in [2.05, 4.69) is 20.3 Å². The van der Waals surface area contributed by atoms with Gasteiger partial charge in [0.1, 0.15) is 10.7 Å². The molecule has 10 nitrogen and oxygen atoms in total. The van der Waals surface area contributed by atoms with Gasteiger partial charge < -0.3 is 20.4 Å². The number of amides is 1. The zero-order valence-corrected chi connectivity index (χ0v) is 19.7. The maximum atomic E-state index is 12.5. The lowest BCUT2D eigenvalue weighted by molar-refractivity contribution is -0.167. The summed E-state index contributed by atoms with van der Waals surface area (Å²) in [6.07, 6.45) is -4.28. The van der Waals surface area contributed by atoms with Gasteiger partial charge in [0.25, 0.3) is 0 Å². The summed E-state index contributed by atoms with van der Waals surface area (Å²) in [6.45, 7) is 2.68. The Morgan fingerprint density at radius 1 is 1.11 bits per heavy atom. The van der Waals surface area contributed by atoms with Gasteiger partial charge in [0.05, 0.1) is 17.5 Å². The van der Waals surface area contributed by atoms with Crippen LogP contribution >= 0.6 is 11.3 Å². The normalized spacial score (nSPS) is 14.5. The number of carbonyl (C=O) groups excluding carboxylic acids is 1. The van der Waals surface area contributed by atoms with Gasteiger partial charge in [-0.3, -0.25) is 10.1 Å². The molecule has 36 heavy (non-hydrogen) atoms. The van der Waals surface area contributed by atoms with E-state index in [4.69, 9.17) is 0 Å². The summed E-state index contributed by atoms with van der Waals surface area (Å²) in [7, 11) is 0. The van der Waals surface area contributed by atoms with Crippen molar-refractivity contribution in [2.45, 2.75) is 32.0 Å². The van der Waals surface area contributed by atoms with Gasteiger partial charge in [-0.2, -0.15) is 18.2 Å². The molecule has 0 atom stereocenters. The second-order valence-electron chi connectivity index (χ2n) is 8.05. The maximum Gasteiger partial charge on any atom is 0.471 e. The van der Waals surface area contributed by atoms with Crippen LogP contribution < -0.4 is 15.5 Å². The fourth-order valence-corrected chi connectivity index (χ4v) is 4.36. The van der Waals surface area contributed by atoms with Crippen molar-refractivity contribution >= 4 is 45.8 Å². The largest absolute Gasteiger partial charge is 0.477 e. The first-order chi connectivity index (χ1) is 17.0. The number of nitrogens with zero attached hydrogens (tertiary/aromatic N) is 4. The number of aryl methyl sites for hydroxylation is 1. The number of benzene rings is 1. The summed E-state index contributed by atoms with van der Waals surface area (Å²) in [5, 5.41) is 24.1. The van der Waals surface area contributed by atoms with Crippen molar-refractivity contribution < 1.29 is 33.0 Å². The van der Waals surface area contributed by atoms with E-state index in [9.17, 15) is 33.0 Å². The van der Waals surface area contributed by atoms with E-state index in [0.29, 0.717) is 48.7 Å². The lowest BCUT2D eigenvalue weighted by atomic mass is 10.1. The van der Waals surface area contributed by atoms with E-state index in [1.165, 1.54) is 24.3 Å². The second kappa shape index (κ2) is 10.1. The molecular weight excluding hydrogens is 501 g/mol. The van der Waals surface area contributed by atoms with Crippen molar-refractivity contribution in [2.24, 2.45) is 0 Å². The SMILES string of the molecule is Cc1nc(Nc2nc(-c3ccc(NC(=O)C(F)(F)F)cc3)cc(N3CCC(O)CC3)n2)sc1C(=O)O. The fourth-order valence-electron chi connectivity index (χ4n) is 3.57. The Bertz CT molecular complexity index is 1270. The number of aromatic carboxylic acids is 1. The average Bonchev–Trinajstić information content (AvgIpc) is 3.19. The number of piperidine rings is 1. The number of aromatic nitrogens is 3. The summed E-state index contributed by atoms with van der Waals surface area (Å²) < 4.78 is 37.6. The van der Waals surface area contributed by atoms with Crippen LogP contribution in [0.4, 0.5) is 35.8 Å². The molecule has 1 fully saturated rings. The van der Waals surface area contributed by atoms with Crippen LogP contribution in [0.3, 0.4) is 0 Å². The van der Waals surface area contributed by atoms with Gasteiger partial charge in [0.15, 0.2) is 5.13 Å². The molecule has 0 unspecified atom stereocenters. The molecule has 0 radical (unpaired) electrons. The summed E-state index contributed by atoms with van der Waals surface area (Å²) >= 11 is 0.935. The number of carbonyl (C=O) groups is 2. The van der Waals surface area contributed by atoms with Gasteiger partial charge in [0, 0.05) is 30.4 Å². The van der Waals surface area contributed by atoms with Gasteiger partial charge in [0.2, 0.25) is 5.95 Å². The lowest BCUT2D eigenvalue weighted by Crippen LogP contribution is -2.36. The van der Waals surface area contributed by atoms with E-state index >= 15 is 0 Å². The summed E-state index contributed by atoms with van der Waals surface area (Å²) in [5.74, 6) is -2.47. The monoisotopic (exact) mass is 522 g/mol. The molecule has 0 aliphatic carbocycles. The smallest absolute Gasteiger partial charge is 0.471 e. The molecule has 1 saturated heterocycles. The minimum atomic E-state index is -5.00. The van der Waals surface area contributed by atoms with Gasteiger partial charge >= 0.3 is 18.1 Å². The molecule has 1 aliphatic heterocycles. The first-order valence-electron chi connectivity index (χ1n) is 10.8. The maximum absolute atomic E-state index is 12.5. The quantitative estimate of drug-likeness (QED) is 0.380. The summed E-state index contributed by atoms with van der Waals surface area (Å²) in [5.41, 5.74) is 1.30. The van der Waals surface area contributed by atoms with E-state index in [1.54, 1.807) is 18.3 Å². The highest BCUT2D eigenvalue weighted by Gasteiger charge is 2.38. The molecule has 3 aromatic rings. The highest BCUT2D eigenvalue weighted by Crippen LogP contribution is 2.30. The molecular formula is C22H21F3N6O4S. The number of anilines is 4. The predicted molar refractivity (Wildman–Crippen MR) is 127 cm³/mol. The van der Waals surface area contributed by atoms with E-state index in [1.807, 2.05) is 4.90 Å². The van der Waals surface area contributed by atoms with Crippen LogP contribution in [0.1, 0.15) is 28.2 Å². The zero-order chi connectivity index (χ0) is 26.0. The van der Waals surface area contributed by atoms with Crippen molar-refractivity contribution in [1.29, 1.82) is 0 Å². The van der Waals surface area contributed by atoms with E-state index in [0.717, 1.165) is 11.3 Å². The third-order valence-electron chi connectivity index (χ3n) is 5.41. The molecule has 2 aromatic heterocycles. The minimum absolute atomic E-state index is 0.0295. The van der Waals surface area contributed by atoms with Gasteiger partial charge in [-0.1, -0.05) is 23.5 Å². The molecule has 14 heteroatoms. The first kappa shape index (κ1) is 25.3. The van der Waals surface area contributed by atoms with E-state index < -0.39 is 24.2 Å². The highest BCUT2D eigenvalue weighted by molar-refractivity contribution is 7.17. The molecule has 0 saturated carbocycles. The van der Waals surface area contributed by atoms with Gasteiger partial charge in [-0.25, -0.2) is 14.8 Å². The Labute approximate surface area is 206 Å². The van der Waals surface area contributed by atoms with E-state index in [-0.39, 0.29) is 21.6 Å². The number of carboxylic acid groups (broad SMARTS) is 1. The number of rotatable bonds is 6. The number of aliphatic hydroxyl groups is 1. The summed E-state index contributed by atoms with van der Waals surface area (Å²) in [6, 6.07) is 7.39. The highest BCUT2D eigenvalue weighted by atomic mass is 32.1. The Hall–Kier alpha value is -3.78. The number of alkyl halides is 3. The molecule has 4 N–H and O–H groups in total. The lowest BCUT2D eigenvalue weighted by Gasteiger charge is -2.30. The van der Waals surface area contributed by atoms with Gasteiger partial charge in [-0.05, 0) is 31.9 Å². The van der Waals surface area contributed by atoms with Crippen LogP contribution in [0.25, 0.3) is 11.3 Å². The summed E-state index contributed by atoms with van der Waals surface area (Å²) in [4.78, 5) is 37.8. The Morgan fingerprint density at radius 3 is 2.36 bits per heavy atom. The number of halogens is 3. The van der Waals surface area contributed by atoms with Crippen molar-refractivity contribution in [3.05, 3.63) is 40.9 Å². The van der Waals surface area contributed by atoms with Crippen LogP contribution in [-0.2, 0) is 4.79 Å². The van der Waals surface area contributed by atoms with Crippen molar-refractivity contribution in [1.82, 2.24) is 15.0 Å². The molecule has 0 spiro atoms. The van der Waals surface area contributed by atoms with Crippen LogP contribution in [0, 0.1) is 6.92 Å². The third-order valence-corrected chi connectivity index (χ3v) is 6.47. The fraction of sp³-hybridized carbons (Fsp3) is 0.318. The Kier molecular flexibility index (Phi) is 7.08. The second-order valence-corrected chi connectivity index (χ2v) is 9.05. The molecule has 3 heterocycles. The molecule has 4 rings (SSSR count). The van der Waals surface area contributed by atoms with Crippen molar-refractivity contribution in [2.75, 3.05) is 28.6 Å². The molecule has 1 aliphatic rings. The number of hydrogen-bond donors (Lipinski definition) is 4. The molecule has 190 valence electrons. The first-order valence-corrected chi connectivity index (χ1v) is 11.6. The molecule has 1 aromatic carbocycles. The molecule has 0 bridgehead atoms. The zero-order valence-electron chi connectivity index (χ0n) is 18.8. The number of carboxylic acids is 1. The van der Waals surface area contributed by atoms with Crippen molar-refractivity contribution in [3.8, 4) is 11.3 Å². The topological polar surface area (TPSA) is 141 Å². The standard InChI is InChI=1S/C22H21F3N6O4S/c1-11-17(18(33)34)36-21(26-11)30-20-28-15(10-16(29-20)31-8-6-14(32)7-9-31)12-2-4-13(5-3-12)27-19(35)22(23,24)25/h2-5,10,14,32H,6-9H2,1H3,(H,27,35)(H,33,34)(H,26,28,29,30). The minimum Gasteiger partial charge on any atom is -0.477 e. The Balaban J connectivity index is 1.65. The molecule has 1 amide bonds. The van der Waals surface area contributed by atoms with Crippen LogP contribution in [-0.4, -0.2) is 62.4 Å². The average molecular weight is 523 g/mol. The number of aliphatic hydroxyl groups excluding tert-OH is 1. The van der Waals surface area contributed by atoms with Crippen LogP contribution in [0.15, 0.2) is 30.3 Å². The number of thiazole rings is 1. The third kappa shape index (κ3) is 5.88. The van der Waals surface area contributed by atoms with Crippen molar-refractivity contribution in [3.63, 3.8) is 0 Å². The number of nitrogens with one attached hydrogen (secondary N) is 2. The Morgan fingerprint density at radius 2 is 1.78 bits per heavy atom. The van der Waals surface area contributed by atoms with Crippen LogP contribution in [0.5, 0.6) is 0 Å². The number of hydrogen-bond acceptors (Lipinski definition) is 9. The van der Waals surface area contributed by atoms with Gasteiger partial charge in [-0.15, -0.1) is 0 Å². The van der Waals surface area contributed by atoms with Crippen LogP contribution in [0.2, 0.25) is 0 Å². The predicted octanol–water partition coefficient (Wildman–Crippen LogP) is 3.81.